The van der Waals surface area contributed by atoms with Gasteiger partial charge in [-0.1, -0.05) is 36.4 Å². The second kappa shape index (κ2) is 9.47. The second-order valence-electron chi connectivity index (χ2n) is 7.35. The average molecular weight is 428 g/mol. The number of benzene rings is 1. The van der Waals surface area contributed by atoms with E-state index in [1.54, 1.807) is 11.3 Å². The van der Waals surface area contributed by atoms with Crippen molar-refractivity contribution in [3.63, 3.8) is 0 Å². The first-order valence-corrected chi connectivity index (χ1v) is 11.2. The van der Waals surface area contributed by atoms with Crippen molar-refractivity contribution in [3.8, 4) is 10.7 Å². The lowest BCUT2D eigenvalue weighted by Crippen LogP contribution is -2.45. The number of carbonyl (C=O) groups excluding carboxylic acids is 1. The monoisotopic (exact) mass is 427 g/mol. The zero-order valence-electron chi connectivity index (χ0n) is 16.2. The van der Waals surface area contributed by atoms with Gasteiger partial charge in [0.25, 0.3) is 0 Å². The highest BCUT2D eigenvalue weighted by Gasteiger charge is 2.21. The third-order valence-corrected chi connectivity index (χ3v) is 6.40. The van der Waals surface area contributed by atoms with E-state index in [9.17, 15) is 4.79 Å². The summed E-state index contributed by atoms with van der Waals surface area (Å²) >= 11 is 7.05. The number of likely N-dealkylation sites (tertiary alicyclic amines) is 1. The van der Waals surface area contributed by atoms with Crippen molar-refractivity contribution in [2.45, 2.75) is 38.4 Å². The Morgan fingerprint density at radius 2 is 2.00 bits per heavy atom. The van der Waals surface area contributed by atoms with Crippen LogP contribution in [0, 0.1) is 4.77 Å². The minimum Gasteiger partial charge on any atom is -0.353 e. The summed E-state index contributed by atoms with van der Waals surface area (Å²) in [5.74, 6) is 0.967. The fourth-order valence-corrected chi connectivity index (χ4v) is 4.46. The summed E-state index contributed by atoms with van der Waals surface area (Å²) in [7, 11) is 0. The topological polar surface area (TPSA) is 66.0 Å². The molecule has 1 amide bonds. The van der Waals surface area contributed by atoms with Crippen molar-refractivity contribution in [1.82, 2.24) is 25.0 Å². The molecular weight excluding hydrogens is 402 g/mol. The van der Waals surface area contributed by atoms with Gasteiger partial charge in [-0.05, 0) is 48.5 Å². The minimum absolute atomic E-state index is 0.142. The molecule has 0 spiro atoms. The van der Waals surface area contributed by atoms with E-state index in [1.165, 1.54) is 5.56 Å². The molecule has 0 aliphatic carbocycles. The second-order valence-corrected chi connectivity index (χ2v) is 8.66. The van der Waals surface area contributed by atoms with Crippen LogP contribution in [0.1, 0.15) is 24.8 Å². The predicted molar refractivity (Wildman–Crippen MR) is 118 cm³/mol. The Hall–Kier alpha value is -2.29. The molecule has 1 aliphatic heterocycles. The first kappa shape index (κ1) is 20.0. The number of carbonyl (C=O) groups is 1. The fraction of sp³-hybridized carbons (Fsp3) is 0.381. The Labute approximate surface area is 179 Å². The van der Waals surface area contributed by atoms with Crippen molar-refractivity contribution in [2.75, 3.05) is 13.1 Å². The van der Waals surface area contributed by atoms with Crippen LogP contribution in [0.25, 0.3) is 10.7 Å². The Bertz CT molecular complexity index is 972. The van der Waals surface area contributed by atoms with E-state index in [0.717, 1.165) is 43.1 Å². The molecule has 6 nitrogen and oxygen atoms in total. The van der Waals surface area contributed by atoms with Gasteiger partial charge in [0, 0.05) is 25.6 Å². The lowest BCUT2D eigenvalue weighted by molar-refractivity contribution is -0.122. The Morgan fingerprint density at radius 3 is 2.72 bits per heavy atom. The van der Waals surface area contributed by atoms with Crippen LogP contribution in [0.15, 0.2) is 47.8 Å². The lowest BCUT2D eigenvalue weighted by atomic mass is 10.0. The number of nitrogens with one attached hydrogen (secondary N) is 2. The normalized spacial score (nSPS) is 15.4. The van der Waals surface area contributed by atoms with Gasteiger partial charge in [-0.2, -0.15) is 4.98 Å². The minimum atomic E-state index is 0.142. The highest BCUT2D eigenvalue weighted by atomic mass is 32.1. The molecule has 0 unspecified atom stereocenters. The average Bonchev–Trinajstić information content (AvgIpc) is 3.39. The molecule has 29 heavy (non-hydrogen) atoms. The Kier molecular flexibility index (Phi) is 6.53. The number of aromatic nitrogens is 3. The maximum absolute atomic E-state index is 12.3. The zero-order chi connectivity index (χ0) is 20.1. The van der Waals surface area contributed by atoms with E-state index in [4.69, 9.17) is 12.2 Å². The molecule has 1 fully saturated rings. The van der Waals surface area contributed by atoms with Crippen molar-refractivity contribution < 1.29 is 4.79 Å². The zero-order valence-corrected chi connectivity index (χ0v) is 17.8. The summed E-state index contributed by atoms with van der Waals surface area (Å²) in [5.41, 5.74) is 1.20. The van der Waals surface area contributed by atoms with Crippen LogP contribution in [0.4, 0.5) is 0 Å². The largest absolute Gasteiger partial charge is 0.353 e. The van der Waals surface area contributed by atoms with Gasteiger partial charge in [-0.3, -0.25) is 14.8 Å². The van der Waals surface area contributed by atoms with Crippen molar-refractivity contribution in [3.05, 3.63) is 58.2 Å². The van der Waals surface area contributed by atoms with Crippen molar-refractivity contribution in [1.29, 1.82) is 0 Å². The summed E-state index contributed by atoms with van der Waals surface area (Å²) < 4.78 is 2.49. The first-order valence-electron chi connectivity index (χ1n) is 9.94. The van der Waals surface area contributed by atoms with Crippen molar-refractivity contribution >= 4 is 29.5 Å². The number of piperidine rings is 1. The number of hydrogen-bond donors (Lipinski definition) is 2. The van der Waals surface area contributed by atoms with Crippen LogP contribution >= 0.6 is 23.6 Å². The summed E-state index contributed by atoms with van der Waals surface area (Å²) in [5, 5.41) is 8.53. The van der Waals surface area contributed by atoms with Gasteiger partial charge in [0.2, 0.25) is 10.7 Å². The maximum atomic E-state index is 12.3. The quantitative estimate of drug-likeness (QED) is 0.562. The molecule has 0 bridgehead atoms. The molecule has 0 saturated carbocycles. The molecule has 0 radical (unpaired) electrons. The highest BCUT2D eigenvalue weighted by Crippen LogP contribution is 2.21. The molecule has 8 heteroatoms. The number of H-pyrrole nitrogens is 1. The number of amides is 1. The molecule has 3 aromatic rings. The van der Waals surface area contributed by atoms with Crippen LogP contribution in [0.5, 0.6) is 0 Å². The first-order chi connectivity index (χ1) is 14.2. The maximum Gasteiger partial charge on any atom is 0.220 e. The summed E-state index contributed by atoms with van der Waals surface area (Å²) in [6.45, 7) is 2.56. The number of aryl methyl sites for hydroxylation is 1. The molecule has 4 rings (SSSR count). The van der Waals surface area contributed by atoms with Gasteiger partial charge in [-0.15, -0.1) is 11.3 Å². The molecular formula is C21H25N5OS2. The third kappa shape index (κ3) is 5.41. The number of aromatic amines is 1. The summed E-state index contributed by atoms with van der Waals surface area (Å²) in [4.78, 5) is 20.2. The Morgan fingerprint density at radius 1 is 1.21 bits per heavy atom. The standard InChI is InChI=1S/C21H25N5OS2/c27-19(9-8-16-5-2-1-3-6-16)22-17-10-12-25(13-11-17)15-26-21(28)23-20(24-26)18-7-4-14-29-18/h1-7,14,17H,8-13,15H2,(H,22,27)(H,23,24,28). The molecule has 3 heterocycles. The SMILES string of the molecule is O=C(CCc1ccccc1)NC1CCN(Cn2[nH]c(-c3cccs3)nc2=S)CC1. The van der Waals surface area contributed by atoms with E-state index in [0.29, 0.717) is 17.9 Å². The van der Waals surface area contributed by atoms with Crippen LogP contribution in [0.3, 0.4) is 0 Å². The number of hydrogen-bond acceptors (Lipinski definition) is 5. The molecule has 1 saturated heterocycles. The third-order valence-electron chi connectivity index (χ3n) is 5.21. The number of nitrogens with zero attached hydrogens (tertiary/aromatic N) is 3. The summed E-state index contributed by atoms with van der Waals surface area (Å²) in [6.07, 6.45) is 3.24. The molecule has 1 aromatic carbocycles. The Balaban J connectivity index is 1.22. The van der Waals surface area contributed by atoms with Crippen LogP contribution in [-0.4, -0.2) is 44.7 Å². The van der Waals surface area contributed by atoms with Crippen molar-refractivity contribution in [2.24, 2.45) is 0 Å². The van der Waals surface area contributed by atoms with E-state index >= 15 is 0 Å². The van der Waals surface area contributed by atoms with Crippen LogP contribution in [-0.2, 0) is 17.9 Å². The number of thiophene rings is 1. The van der Waals surface area contributed by atoms with Crippen LogP contribution < -0.4 is 5.32 Å². The molecule has 2 aromatic heterocycles. The van der Waals surface area contributed by atoms with E-state index in [2.05, 4.69) is 32.4 Å². The highest BCUT2D eigenvalue weighted by molar-refractivity contribution is 7.71. The number of rotatable bonds is 7. The van der Waals surface area contributed by atoms with Gasteiger partial charge >= 0.3 is 0 Å². The molecule has 0 atom stereocenters. The van der Waals surface area contributed by atoms with Gasteiger partial charge in [-0.25, -0.2) is 4.68 Å². The smallest absolute Gasteiger partial charge is 0.220 e. The lowest BCUT2D eigenvalue weighted by Gasteiger charge is -2.32. The predicted octanol–water partition coefficient (Wildman–Crippen LogP) is 3.84. The molecule has 152 valence electrons. The summed E-state index contributed by atoms with van der Waals surface area (Å²) in [6, 6.07) is 14.5. The van der Waals surface area contributed by atoms with Gasteiger partial charge in [0.1, 0.15) is 0 Å². The van der Waals surface area contributed by atoms with E-state index in [-0.39, 0.29) is 11.9 Å². The molecule has 2 N–H and O–H groups in total. The van der Waals surface area contributed by atoms with Gasteiger partial charge < -0.3 is 5.32 Å². The van der Waals surface area contributed by atoms with Gasteiger partial charge in [0.05, 0.1) is 11.5 Å². The van der Waals surface area contributed by atoms with E-state index in [1.807, 2.05) is 40.4 Å². The van der Waals surface area contributed by atoms with Gasteiger partial charge in [0.15, 0.2) is 5.82 Å². The fourth-order valence-electron chi connectivity index (χ4n) is 3.60. The van der Waals surface area contributed by atoms with Crippen LogP contribution in [0.2, 0.25) is 0 Å². The molecule has 1 aliphatic rings. The van der Waals surface area contributed by atoms with E-state index < -0.39 is 0 Å².